The number of aromatic nitrogens is 2. The van der Waals surface area contributed by atoms with E-state index in [-0.39, 0.29) is 0 Å². The Morgan fingerprint density at radius 3 is 3.00 bits per heavy atom. The van der Waals surface area contributed by atoms with Gasteiger partial charge in [-0.1, -0.05) is 6.07 Å². The van der Waals surface area contributed by atoms with Gasteiger partial charge in [0.1, 0.15) is 18.1 Å². The van der Waals surface area contributed by atoms with Gasteiger partial charge in [-0.2, -0.15) is 0 Å². The maximum Gasteiger partial charge on any atom is 0.132 e. The van der Waals surface area contributed by atoms with Crippen LogP contribution in [0.1, 0.15) is 17.0 Å². The highest BCUT2D eigenvalue weighted by atomic mass is 16.5. The second-order valence-electron chi connectivity index (χ2n) is 4.09. The van der Waals surface area contributed by atoms with Gasteiger partial charge in [0.2, 0.25) is 0 Å². The van der Waals surface area contributed by atoms with E-state index >= 15 is 0 Å². The SMILES string of the molecule is Cc1ccc2c(c1)OCc1nc(C)cnc1-2. The molecular formula is C13H12N2O. The minimum atomic E-state index is 0.514. The summed E-state index contributed by atoms with van der Waals surface area (Å²) in [5.74, 6) is 0.908. The van der Waals surface area contributed by atoms with Gasteiger partial charge in [-0.25, -0.2) is 0 Å². The van der Waals surface area contributed by atoms with Crippen LogP contribution in [-0.2, 0) is 6.61 Å². The van der Waals surface area contributed by atoms with Crippen molar-refractivity contribution in [3.63, 3.8) is 0 Å². The normalized spacial score (nSPS) is 12.6. The Bertz CT molecular complexity index is 512. The van der Waals surface area contributed by atoms with Crippen molar-refractivity contribution in [3.05, 3.63) is 41.3 Å². The summed E-state index contributed by atoms with van der Waals surface area (Å²) in [6.07, 6.45) is 1.80. The molecule has 0 bridgehead atoms. The molecular weight excluding hydrogens is 200 g/mol. The molecule has 0 saturated carbocycles. The topological polar surface area (TPSA) is 35.0 Å². The lowest BCUT2D eigenvalue weighted by molar-refractivity contribution is 0.295. The Morgan fingerprint density at radius 1 is 1.25 bits per heavy atom. The van der Waals surface area contributed by atoms with Crippen molar-refractivity contribution in [1.29, 1.82) is 0 Å². The summed E-state index contributed by atoms with van der Waals surface area (Å²) in [5, 5.41) is 0. The molecule has 0 atom stereocenters. The van der Waals surface area contributed by atoms with E-state index in [2.05, 4.69) is 23.0 Å². The fourth-order valence-electron chi connectivity index (χ4n) is 1.94. The summed E-state index contributed by atoms with van der Waals surface area (Å²) in [7, 11) is 0. The highest BCUT2D eigenvalue weighted by molar-refractivity contribution is 5.71. The number of aryl methyl sites for hydroxylation is 2. The molecule has 16 heavy (non-hydrogen) atoms. The van der Waals surface area contributed by atoms with Gasteiger partial charge in [0, 0.05) is 11.8 Å². The van der Waals surface area contributed by atoms with E-state index in [0.29, 0.717) is 6.61 Å². The lowest BCUT2D eigenvalue weighted by atomic mass is 10.0. The highest BCUT2D eigenvalue weighted by Crippen LogP contribution is 2.35. The maximum atomic E-state index is 5.68. The predicted octanol–water partition coefficient (Wildman–Crippen LogP) is 2.65. The first kappa shape index (κ1) is 9.33. The van der Waals surface area contributed by atoms with Crippen molar-refractivity contribution in [2.45, 2.75) is 20.5 Å². The molecule has 3 heteroatoms. The summed E-state index contributed by atoms with van der Waals surface area (Å²) < 4.78 is 5.68. The Kier molecular flexibility index (Phi) is 1.93. The van der Waals surface area contributed by atoms with Crippen LogP contribution in [0.5, 0.6) is 5.75 Å². The summed E-state index contributed by atoms with van der Waals surface area (Å²) in [5.41, 5.74) is 5.04. The average Bonchev–Trinajstić information content (AvgIpc) is 2.28. The molecule has 0 saturated heterocycles. The first-order valence-electron chi connectivity index (χ1n) is 5.30. The van der Waals surface area contributed by atoms with Crippen molar-refractivity contribution in [3.8, 4) is 17.0 Å². The highest BCUT2D eigenvalue weighted by Gasteiger charge is 2.19. The molecule has 3 nitrogen and oxygen atoms in total. The van der Waals surface area contributed by atoms with Crippen molar-refractivity contribution in [2.24, 2.45) is 0 Å². The number of rotatable bonds is 0. The summed E-state index contributed by atoms with van der Waals surface area (Å²) in [6.45, 7) is 4.51. The van der Waals surface area contributed by atoms with Crippen LogP contribution < -0.4 is 4.74 Å². The molecule has 0 N–H and O–H groups in total. The van der Waals surface area contributed by atoms with E-state index in [1.54, 1.807) is 6.20 Å². The van der Waals surface area contributed by atoms with Crippen LogP contribution in [0.3, 0.4) is 0 Å². The molecule has 0 spiro atoms. The smallest absolute Gasteiger partial charge is 0.132 e. The summed E-state index contributed by atoms with van der Waals surface area (Å²) in [6, 6.07) is 6.16. The summed E-state index contributed by atoms with van der Waals surface area (Å²) in [4.78, 5) is 8.89. The zero-order valence-electron chi connectivity index (χ0n) is 9.32. The van der Waals surface area contributed by atoms with Crippen LogP contribution in [0.15, 0.2) is 24.4 Å². The molecule has 0 aliphatic carbocycles. The molecule has 1 aliphatic heterocycles. The Morgan fingerprint density at radius 2 is 2.12 bits per heavy atom. The standard InChI is InChI=1S/C13H12N2O/c1-8-3-4-10-12(5-8)16-7-11-13(10)14-6-9(2)15-11/h3-6H,7H2,1-2H3. The molecule has 80 valence electrons. The van der Waals surface area contributed by atoms with Gasteiger partial charge in [-0.05, 0) is 31.5 Å². The average molecular weight is 212 g/mol. The second-order valence-corrected chi connectivity index (χ2v) is 4.09. The number of fused-ring (bicyclic) bond motifs is 3. The molecule has 0 amide bonds. The molecule has 1 aromatic carbocycles. The van der Waals surface area contributed by atoms with Crippen molar-refractivity contribution in [2.75, 3.05) is 0 Å². The minimum absolute atomic E-state index is 0.514. The molecule has 0 radical (unpaired) electrons. The maximum absolute atomic E-state index is 5.68. The van der Waals surface area contributed by atoms with Gasteiger partial charge in [0.25, 0.3) is 0 Å². The monoisotopic (exact) mass is 212 g/mol. The van der Waals surface area contributed by atoms with E-state index in [0.717, 1.165) is 28.4 Å². The van der Waals surface area contributed by atoms with Crippen molar-refractivity contribution < 1.29 is 4.74 Å². The number of benzene rings is 1. The summed E-state index contributed by atoms with van der Waals surface area (Å²) >= 11 is 0. The number of nitrogens with zero attached hydrogens (tertiary/aromatic N) is 2. The van der Waals surface area contributed by atoms with E-state index in [9.17, 15) is 0 Å². The molecule has 2 aromatic rings. The number of ether oxygens (including phenoxy) is 1. The lowest BCUT2D eigenvalue weighted by Crippen LogP contribution is -2.10. The van der Waals surface area contributed by atoms with Crippen LogP contribution in [0.25, 0.3) is 11.3 Å². The third-order valence-electron chi connectivity index (χ3n) is 2.72. The molecule has 3 rings (SSSR count). The molecule has 0 unspecified atom stereocenters. The lowest BCUT2D eigenvalue weighted by Gasteiger charge is -2.19. The Balaban J connectivity index is 2.23. The third-order valence-corrected chi connectivity index (χ3v) is 2.72. The molecule has 2 heterocycles. The van der Waals surface area contributed by atoms with E-state index in [1.807, 2.05) is 19.1 Å². The number of hydrogen-bond donors (Lipinski definition) is 0. The molecule has 0 fully saturated rings. The fourth-order valence-corrected chi connectivity index (χ4v) is 1.94. The van der Waals surface area contributed by atoms with E-state index < -0.39 is 0 Å². The largest absolute Gasteiger partial charge is 0.486 e. The first-order valence-corrected chi connectivity index (χ1v) is 5.30. The van der Waals surface area contributed by atoms with Gasteiger partial charge in [-0.3, -0.25) is 9.97 Å². The van der Waals surface area contributed by atoms with Crippen LogP contribution in [-0.4, -0.2) is 9.97 Å². The van der Waals surface area contributed by atoms with Crippen LogP contribution >= 0.6 is 0 Å². The zero-order valence-corrected chi connectivity index (χ0v) is 9.32. The van der Waals surface area contributed by atoms with Gasteiger partial charge in [-0.15, -0.1) is 0 Å². The number of hydrogen-bond acceptors (Lipinski definition) is 3. The van der Waals surface area contributed by atoms with Crippen LogP contribution in [0.4, 0.5) is 0 Å². The van der Waals surface area contributed by atoms with Crippen LogP contribution in [0, 0.1) is 13.8 Å². The van der Waals surface area contributed by atoms with E-state index in [4.69, 9.17) is 4.74 Å². The van der Waals surface area contributed by atoms with Gasteiger partial charge in [0.15, 0.2) is 0 Å². The quantitative estimate of drug-likeness (QED) is 0.673. The first-order chi connectivity index (χ1) is 7.74. The fraction of sp³-hybridized carbons (Fsp3) is 0.231. The second kappa shape index (κ2) is 3.30. The van der Waals surface area contributed by atoms with Crippen LogP contribution in [0.2, 0.25) is 0 Å². The zero-order chi connectivity index (χ0) is 11.1. The Labute approximate surface area is 94.1 Å². The molecule has 1 aliphatic rings. The van der Waals surface area contributed by atoms with E-state index in [1.165, 1.54) is 5.56 Å². The predicted molar refractivity (Wildman–Crippen MR) is 61.3 cm³/mol. The van der Waals surface area contributed by atoms with Gasteiger partial charge >= 0.3 is 0 Å². The van der Waals surface area contributed by atoms with Crippen molar-refractivity contribution >= 4 is 0 Å². The third kappa shape index (κ3) is 1.36. The molecule has 1 aromatic heterocycles. The van der Waals surface area contributed by atoms with Gasteiger partial charge < -0.3 is 4.74 Å². The van der Waals surface area contributed by atoms with Gasteiger partial charge in [0.05, 0.1) is 11.4 Å². The minimum Gasteiger partial charge on any atom is -0.486 e. The van der Waals surface area contributed by atoms with Crippen molar-refractivity contribution in [1.82, 2.24) is 9.97 Å². The Hall–Kier alpha value is -1.90.